The van der Waals surface area contributed by atoms with Crippen LogP contribution in [0.15, 0.2) is 46.0 Å². The van der Waals surface area contributed by atoms with E-state index in [1.165, 1.54) is 0 Å². The molecular formula is C13H10N2O3S2. The molecule has 1 aromatic carbocycles. The summed E-state index contributed by atoms with van der Waals surface area (Å²) >= 11 is 1.15. The van der Waals surface area contributed by atoms with Crippen molar-refractivity contribution in [2.75, 3.05) is 4.72 Å². The van der Waals surface area contributed by atoms with E-state index < -0.39 is 10.0 Å². The number of aromatic amines is 1. The van der Waals surface area contributed by atoms with Gasteiger partial charge >= 0.3 is 0 Å². The van der Waals surface area contributed by atoms with Crippen molar-refractivity contribution in [1.29, 1.82) is 0 Å². The van der Waals surface area contributed by atoms with Crippen molar-refractivity contribution in [3.8, 4) is 0 Å². The Morgan fingerprint density at radius 3 is 2.75 bits per heavy atom. The third kappa shape index (κ3) is 2.21. The first kappa shape index (κ1) is 12.9. The number of rotatable bonds is 4. The lowest BCUT2D eigenvalue weighted by Gasteiger charge is -2.07. The molecule has 0 aliphatic carbocycles. The number of anilines is 1. The molecule has 0 saturated carbocycles. The number of fused-ring (bicyclic) bond motifs is 1. The smallest absolute Gasteiger partial charge is 0.271 e. The summed E-state index contributed by atoms with van der Waals surface area (Å²) < 4.78 is 27.2. The number of thiophene rings is 1. The molecule has 5 nitrogen and oxygen atoms in total. The van der Waals surface area contributed by atoms with Crippen LogP contribution in [0.2, 0.25) is 0 Å². The molecule has 102 valence electrons. The van der Waals surface area contributed by atoms with E-state index in [-0.39, 0.29) is 4.21 Å². The average Bonchev–Trinajstić information content (AvgIpc) is 3.08. The molecule has 2 aromatic heterocycles. The van der Waals surface area contributed by atoms with E-state index in [1.54, 1.807) is 35.7 Å². The number of H-pyrrole nitrogens is 1. The number of nitrogens with one attached hydrogen (secondary N) is 2. The number of carbonyl (C=O) groups excluding carboxylic acids is 1. The van der Waals surface area contributed by atoms with Crippen molar-refractivity contribution in [3.63, 3.8) is 0 Å². The van der Waals surface area contributed by atoms with Crippen molar-refractivity contribution < 1.29 is 13.2 Å². The Morgan fingerprint density at radius 2 is 2.05 bits per heavy atom. The molecule has 3 rings (SSSR count). The van der Waals surface area contributed by atoms with Crippen LogP contribution in [0.4, 0.5) is 5.69 Å². The van der Waals surface area contributed by atoms with Crippen LogP contribution in [0, 0.1) is 0 Å². The Kier molecular flexibility index (Phi) is 3.07. The monoisotopic (exact) mass is 306 g/mol. The molecule has 0 atom stereocenters. The summed E-state index contributed by atoms with van der Waals surface area (Å²) in [5.74, 6) is 0. The van der Waals surface area contributed by atoms with E-state index >= 15 is 0 Å². The molecule has 20 heavy (non-hydrogen) atoms. The van der Waals surface area contributed by atoms with Gasteiger partial charge in [0, 0.05) is 5.39 Å². The highest BCUT2D eigenvalue weighted by atomic mass is 32.2. The normalized spacial score (nSPS) is 11.6. The minimum atomic E-state index is -3.60. The number of carbonyl (C=O) groups is 1. The van der Waals surface area contributed by atoms with Crippen LogP contribution in [0.1, 0.15) is 10.5 Å². The lowest BCUT2D eigenvalue weighted by Crippen LogP contribution is -2.11. The highest BCUT2D eigenvalue weighted by molar-refractivity contribution is 7.94. The molecule has 0 amide bonds. The van der Waals surface area contributed by atoms with Crippen molar-refractivity contribution in [3.05, 3.63) is 47.5 Å². The van der Waals surface area contributed by atoms with Crippen molar-refractivity contribution in [2.45, 2.75) is 4.21 Å². The van der Waals surface area contributed by atoms with Crippen LogP contribution in [0.25, 0.3) is 10.9 Å². The summed E-state index contributed by atoms with van der Waals surface area (Å²) in [6.45, 7) is 0. The Balaban J connectivity index is 2.07. The molecule has 7 heteroatoms. The van der Waals surface area contributed by atoms with Crippen molar-refractivity contribution in [1.82, 2.24) is 4.98 Å². The highest BCUT2D eigenvalue weighted by Crippen LogP contribution is 2.26. The first-order chi connectivity index (χ1) is 9.60. The predicted molar refractivity (Wildman–Crippen MR) is 78.8 cm³/mol. The topological polar surface area (TPSA) is 79.0 Å². The summed E-state index contributed by atoms with van der Waals surface area (Å²) in [7, 11) is -3.60. The summed E-state index contributed by atoms with van der Waals surface area (Å²) in [6.07, 6.45) is 0.692. The largest absolute Gasteiger partial charge is 0.351 e. The molecule has 0 unspecified atom stereocenters. The number of hydrogen-bond acceptors (Lipinski definition) is 4. The van der Waals surface area contributed by atoms with Gasteiger partial charge in [0.2, 0.25) is 0 Å². The number of sulfonamides is 1. The van der Waals surface area contributed by atoms with Gasteiger partial charge in [0.1, 0.15) is 4.21 Å². The highest BCUT2D eigenvalue weighted by Gasteiger charge is 2.17. The molecule has 0 radical (unpaired) electrons. The fourth-order valence-corrected chi connectivity index (χ4v) is 4.00. The Morgan fingerprint density at radius 1 is 1.20 bits per heavy atom. The van der Waals surface area contributed by atoms with Gasteiger partial charge in [-0.2, -0.15) is 0 Å². The predicted octanol–water partition coefficient (Wildman–Crippen LogP) is 2.84. The van der Waals surface area contributed by atoms with Gasteiger partial charge < -0.3 is 4.98 Å². The second kappa shape index (κ2) is 4.77. The maximum absolute atomic E-state index is 12.2. The first-order valence-corrected chi connectivity index (χ1v) is 8.10. The lowest BCUT2D eigenvalue weighted by molar-refractivity contribution is 0.112. The van der Waals surface area contributed by atoms with Crippen molar-refractivity contribution >= 4 is 44.2 Å². The van der Waals surface area contributed by atoms with Crippen LogP contribution in [0.5, 0.6) is 0 Å². The van der Waals surface area contributed by atoms with Gasteiger partial charge in [-0.25, -0.2) is 8.42 Å². The van der Waals surface area contributed by atoms with Gasteiger partial charge in [-0.15, -0.1) is 11.3 Å². The average molecular weight is 306 g/mol. The second-order valence-electron chi connectivity index (χ2n) is 4.15. The summed E-state index contributed by atoms with van der Waals surface area (Å²) in [5, 5.41) is 2.48. The van der Waals surface area contributed by atoms with E-state index in [0.29, 0.717) is 23.2 Å². The summed E-state index contributed by atoms with van der Waals surface area (Å²) in [5.41, 5.74) is 1.42. The molecule has 0 spiro atoms. The molecular weight excluding hydrogens is 296 g/mol. The van der Waals surface area contributed by atoms with Crippen LogP contribution in [-0.4, -0.2) is 19.7 Å². The molecule has 3 aromatic rings. The van der Waals surface area contributed by atoms with Crippen molar-refractivity contribution in [2.24, 2.45) is 0 Å². The number of aldehydes is 1. The van der Waals surface area contributed by atoms with Gasteiger partial charge in [-0.05, 0) is 23.6 Å². The van der Waals surface area contributed by atoms with Gasteiger partial charge in [-0.3, -0.25) is 9.52 Å². The van der Waals surface area contributed by atoms with E-state index in [1.807, 2.05) is 6.07 Å². The molecule has 0 aliphatic heterocycles. The molecule has 0 aliphatic rings. The van der Waals surface area contributed by atoms with Gasteiger partial charge in [0.05, 0.1) is 16.9 Å². The van der Waals surface area contributed by atoms with Gasteiger partial charge in [0.25, 0.3) is 10.0 Å². The number of para-hydroxylation sites is 1. The zero-order valence-corrected chi connectivity index (χ0v) is 11.8. The summed E-state index contributed by atoms with van der Waals surface area (Å²) in [4.78, 5) is 13.7. The fraction of sp³-hybridized carbons (Fsp3) is 0. The number of hydrogen-bond donors (Lipinski definition) is 2. The van der Waals surface area contributed by atoms with Crippen LogP contribution in [-0.2, 0) is 10.0 Å². The van der Waals surface area contributed by atoms with Gasteiger partial charge in [-0.1, -0.05) is 18.2 Å². The van der Waals surface area contributed by atoms with E-state index in [9.17, 15) is 13.2 Å². The third-order valence-electron chi connectivity index (χ3n) is 2.81. The Hall–Kier alpha value is -2.12. The maximum Gasteiger partial charge on any atom is 0.271 e. The lowest BCUT2D eigenvalue weighted by atomic mass is 10.2. The second-order valence-corrected chi connectivity index (χ2v) is 7.01. The van der Waals surface area contributed by atoms with Crippen LogP contribution >= 0.6 is 11.3 Å². The minimum absolute atomic E-state index is 0.247. The quantitative estimate of drug-likeness (QED) is 0.727. The Labute approximate surface area is 119 Å². The zero-order valence-electron chi connectivity index (χ0n) is 10.2. The van der Waals surface area contributed by atoms with Crippen LogP contribution < -0.4 is 4.72 Å². The molecule has 0 fully saturated rings. The standard InChI is InChI=1S/C13H10N2O3S2/c16-8-10-7-9-3-1-4-11(13(9)14-10)15-20(17,18)12-5-2-6-19-12/h1-8,14-15H. The summed E-state index contributed by atoms with van der Waals surface area (Å²) in [6, 6.07) is 10.1. The van der Waals surface area contributed by atoms with E-state index in [2.05, 4.69) is 9.71 Å². The van der Waals surface area contributed by atoms with Crippen LogP contribution in [0.3, 0.4) is 0 Å². The minimum Gasteiger partial charge on any atom is -0.351 e. The van der Waals surface area contributed by atoms with E-state index in [0.717, 1.165) is 16.7 Å². The molecule has 0 saturated heterocycles. The van der Waals surface area contributed by atoms with Gasteiger partial charge in [0.15, 0.2) is 6.29 Å². The third-order valence-corrected chi connectivity index (χ3v) is 5.57. The SMILES string of the molecule is O=Cc1cc2cccc(NS(=O)(=O)c3cccs3)c2[nH]1. The fourth-order valence-electron chi connectivity index (χ4n) is 1.94. The number of aromatic nitrogens is 1. The number of benzene rings is 1. The molecule has 2 N–H and O–H groups in total. The molecule has 2 heterocycles. The maximum atomic E-state index is 12.2. The van der Waals surface area contributed by atoms with E-state index in [4.69, 9.17) is 0 Å². The Bertz CT molecular complexity index is 864. The zero-order chi connectivity index (χ0) is 14.2. The molecule has 0 bridgehead atoms. The first-order valence-electron chi connectivity index (χ1n) is 5.73.